The highest BCUT2D eigenvalue weighted by Crippen LogP contribution is 2.45. The molecule has 0 aliphatic carbocycles. The van der Waals surface area contributed by atoms with Crippen LogP contribution in [0.2, 0.25) is 0 Å². The van der Waals surface area contributed by atoms with Gasteiger partial charge in [0.25, 0.3) is 0 Å². The highest BCUT2D eigenvalue weighted by atomic mass is 32.1. The smallest absolute Gasteiger partial charge is 0.399 e. The molecule has 4 nitrogen and oxygen atoms in total. The zero-order valence-electron chi connectivity index (χ0n) is 32.5. The number of rotatable bonds is 16. The van der Waals surface area contributed by atoms with Crippen LogP contribution in [0.3, 0.4) is 0 Å². The highest BCUT2D eigenvalue weighted by molar-refractivity contribution is 7.31. The van der Waals surface area contributed by atoms with Gasteiger partial charge in [-0.3, -0.25) is 0 Å². The van der Waals surface area contributed by atoms with Gasteiger partial charge < -0.3 is 18.6 Å². The molecule has 5 heterocycles. The number of hydrogen-bond donors (Lipinski definition) is 0. The molecule has 2 saturated heterocycles. The van der Waals surface area contributed by atoms with E-state index in [0.717, 1.165) is 12.8 Å². The van der Waals surface area contributed by atoms with Gasteiger partial charge in [0.05, 0.1) is 22.4 Å². The Hall–Kier alpha value is -0.930. The second kappa shape index (κ2) is 15.6. The lowest BCUT2D eigenvalue weighted by atomic mass is 9.85. The third-order valence-electron chi connectivity index (χ3n) is 11.8. The molecule has 270 valence electrons. The van der Waals surface area contributed by atoms with Crippen LogP contribution >= 0.6 is 34.0 Å². The van der Waals surface area contributed by atoms with E-state index in [9.17, 15) is 0 Å². The van der Waals surface area contributed by atoms with Gasteiger partial charge in [0.2, 0.25) is 0 Å². The molecular weight excluding hydrogens is 662 g/mol. The molecule has 0 N–H and O–H groups in total. The van der Waals surface area contributed by atoms with Crippen molar-refractivity contribution in [1.29, 1.82) is 0 Å². The van der Waals surface area contributed by atoms with E-state index in [4.69, 9.17) is 18.6 Å². The molecule has 49 heavy (non-hydrogen) atoms. The second-order valence-corrected chi connectivity index (χ2v) is 19.8. The summed E-state index contributed by atoms with van der Waals surface area (Å²) in [7, 11) is -0.670. The molecule has 2 aliphatic heterocycles. The molecule has 0 spiro atoms. The summed E-state index contributed by atoms with van der Waals surface area (Å²) >= 11 is 5.69. The Kier molecular flexibility index (Phi) is 12.5. The van der Waals surface area contributed by atoms with Crippen molar-refractivity contribution in [3.05, 3.63) is 35.4 Å². The molecule has 2 unspecified atom stereocenters. The average molecular weight is 725 g/mol. The fourth-order valence-corrected chi connectivity index (χ4v) is 10.5. The summed E-state index contributed by atoms with van der Waals surface area (Å²) in [4.78, 5) is 5.46. The Morgan fingerprint density at radius 3 is 1.20 bits per heavy atom. The molecule has 2 atom stereocenters. The Morgan fingerprint density at radius 2 is 0.898 bits per heavy atom. The quantitative estimate of drug-likeness (QED) is 0.138. The Morgan fingerprint density at radius 1 is 0.551 bits per heavy atom. The monoisotopic (exact) mass is 724 g/mol. The standard InChI is InChI=1S/C40H62B2O4S3/c1-13-17-19-27(15-3)23-29-25-33(41-43-37(5,6)38(7,8)44-41)48-35(29)31-21-22-32(47-31)36-30(24-28(16-4)20-18-14-2)26-34(49-36)42-45-39(9,10)40(11,12)46-42/h21-22,25-28H,13-20,23-24H2,1-12H3. The zero-order valence-corrected chi connectivity index (χ0v) is 35.0. The van der Waals surface area contributed by atoms with Crippen molar-refractivity contribution in [2.75, 3.05) is 0 Å². The van der Waals surface area contributed by atoms with Crippen molar-refractivity contribution in [3.63, 3.8) is 0 Å². The first-order valence-electron chi connectivity index (χ1n) is 19.1. The van der Waals surface area contributed by atoms with Crippen LogP contribution in [0.5, 0.6) is 0 Å². The van der Waals surface area contributed by atoms with Gasteiger partial charge in [0.15, 0.2) is 0 Å². The van der Waals surface area contributed by atoms with Gasteiger partial charge in [0.1, 0.15) is 0 Å². The van der Waals surface area contributed by atoms with Gasteiger partial charge >= 0.3 is 14.2 Å². The summed E-state index contributed by atoms with van der Waals surface area (Å²) in [6.45, 7) is 26.5. The summed E-state index contributed by atoms with van der Waals surface area (Å²) in [6, 6.07) is 9.54. The molecule has 2 fully saturated rings. The fraction of sp³-hybridized carbons (Fsp3) is 0.700. The minimum Gasteiger partial charge on any atom is -0.399 e. The number of unbranched alkanes of at least 4 members (excludes halogenated alkanes) is 2. The molecule has 0 bridgehead atoms. The maximum atomic E-state index is 6.57. The van der Waals surface area contributed by atoms with Crippen molar-refractivity contribution in [2.45, 2.75) is 170 Å². The van der Waals surface area contributed by atoms with Crippen molar-refractivity contribution in [3.8, 4) is 19.5 Å². The minimum absolute atomic E-state index is 0.335. The lowest BCUT2D eigenvalue weighted by Gasteiger charge is -2.32. The Balaban J connectivity index is 1.52. The molecule has 9 heteroatoms. The van der Waals surface area contributed by atoms with Gasteiger partial charge in [0, 0.05) is 29.1 Å². The highest BCUT2D eigenvalue weighted by Gasteiger charge is 2.53. The van der Waals surface area contributed by atoms with Crippen LogP contribution in [0.1, 0.15) is 146 Å². The molecule has 3 aromatic rings. The van der Waals surface area contributed by atoms with Crippen LogP contribution in [-0.4, -0.2) is 36.6 Å². The molecule has 0 saturated carbocycles. The van der Waals surface area contributed by atoms with Crippen LogP contribution in [0, 0.1) is 11.8 Å². The molecule has 0 radical (unpaired) electrons. The molecule has 0 aromatic carbocycles. The van der Waals surface area contributed by atoms with E-state index in [-0.39, 0.29) is 36.6 Å². The third kappa shape index (κ3) is 8.50. The summed E-state index contributed by atoms with van der Waals surface area (Å²) in [5.74, 6) is 1.36. The predicted octanol–water partition coefficient (Wildman–Crippen LogP) is 11.3. The number of hydrogen-bond acceptors (Lipinski definition) is 7. The van der Waals surface area contributed by atoms with Crippen LogP contribution in [-0.2, 0) is 31.5 Å². The van der Waals surface area contributed by atoms with E-state index in [1.807, 2.05) is 34.0 Å². The summed E-state index contributed by atoms with van der Waals surface area (Å²) in [5.41, 5.74) is 1.46. The molecule has 5 rings (SSSR count). The first kappa shape index (κ1) is 39.3. The maximum Gasteiger partial charge on any atom is 0.505 e. The lowest BCUT2D eigenvalue weighted by Crippen LogP contribution is -2.41. The van der Waals surface area contributed by atoms with E-state index >= 15 is 0 Å². The van der Waals surface area contributed by atoms with Gasteiger partial charge in [-0.2, -0.15) is 0 Å². The van der Waals surface area contributed by atoms with Crippen molar-refractivity contribution in [1.82, 2.24) is 0 Å². The maximum absolute atomic E-state index is 6.57. The third-order valence-corrected chi connectivity index (χ3v) is 15.6. The molecule has 2 aliphatic rings. The van der Waals surface area contributed by atoms with Crippen LogP contribution in [0.15, 0.2) is 24.3 Å². The van der Waals surface area contributed by atoms with Crippen molar-refractivity contribution in [2.24, 2.45) is 11.8 Å². The fourth-order valence-electron chi connectivity index (χ4n) is 6.86. The van der Waals surface area contributed by atoms with E-state index in [2.05, 4.69) is 107 Å². The molecule has 0 amide bonds. The second-order valence-electron chi connectivity index (χ2n) is 16.6. The van der Waals surface area contributed by atoms with Gasteiger partial charge in [-0.15, -0.1) is 34.0 Å². The minimum atomic E-state index is -0.358. The van der Waals surface area contributed by atoms with Crippen LogP contribution < -0.4 is 9.55 Å². The molecule has 3 aromatic heterocycles. The van der Waals surface area contributed by atoms with E-state index in [1.165, 1.54) is 91.6 Å². The molecular formula is C40H62B2O4S3. The van der Waals surface area contributed by atoms with E-state index in [1.54, 1.807) is 0 Å². The first-order chi connectivity index (χ1) is 23.0. The van der Waals surface area contributed by atoms with Crippen LogP contribution in [0.4, 0.5) is 0 Å². The normalized spacial score (nSPS) is 20.7. The lowest BCUT2D eigenvalue weighted by molar-refractivity contribution is 0.00578. The number of thiophene rings is 3. The first-order valence-corrected chi connectivity index (χ1v) is 21.6. The van der Waals surface area contributed by atoms with E-state index in [0.29, 0.717) is 11.8 Å². The average Bonchev–Trinajstić information content (AvgIpc) is 3.83. The predicted molar refractivity (Wildman–Crippen MR) is 216 cm³/mol. The summed E-state index contributed by atoms with van der Waals surface area (Å²) in [6.07, 6.45) is 12.2. The van der Waals surface area contributed by atoms with Crippen molar-refractivity contribution >= 4 is 57.8 Å². The van der Waals surface area contributed by atoms with Gasteiger partial charge in [-0.1, -0.05) is 79.1 Å². The summed E-state index contributed by atoms with van der Waals surface area (Å²) in [5, 5.41) is 0. The topological polar surface area (TPSA) is 36.9 Å². The zero-order chi connectivity index (χ0) is 35.8. The Labute approximate surface area is 311 Å². The van der Waals surface area contributed by atoms with Crippen LogP contribution in [0.25, 0.3) is 19.5 Å². The van der Waals surface area contributed by atoms with E-state index < -0.39 is 0 Å². The summed E-state index contributed by atoms with van der Waals surface area (Å²) < 4.78 is 28.6. The Bertz CT molecular complexity index is 1390. The largest absolute Gasteiger partial charge is 0.505 e. The SMILES string of the molecule is CCCCC(CC)Cc1cc(B2OC(C)(C)C(C)(C)O2)sc1-c1ccc(-c2sc(B3OC(C)(C)C(C)(C)O3)cc2CC(CC)CCCC)s1. The van der Waals surface area contributed by atoms with Gasteiger partial charge in [-0.25, -0.2) is 0 Å². The van der Waals surface area contributed by atoms with Crippen molar-refractivity contribution < 1.29 is 18.6 Å². The van der Waals surface area contributed by atoms with Gasteiger partial charge in [-0.05, 0) is 115 Å².